The number of carbonyl (C=O) groups excluding carboxylic acids is 1. The number of hydrogen-bond donors (Lipinski definition) is 2. The molecule has 2 aliphatic carbocycles. The molecule has 2 N–H and O–H groups in total. The number of halogens is 1. The van der Waals surface area contributed by atoms with E-state index in [1.165, 1.54) is 0 Å². The van der Waals surface area contributed by atoms with Crippen LogP contribution in [0.15, 0.2) is 0 Å². The van der Waals surface area contributed by atoms with Crippen molar-refractivity contribution in [2.75, 3.05) is 0 Å². The van der Waals surface area contributed by atoms with Crippen LogP contribution in [-0.2, 0) is 9.59 Å². The van der Waals surface area contributed by atoms with Crippen molar-refractivity contribution in [1.29, 1.82) is 0 Å². The number of ketones is 1. The lowest BCUT2D eigenvalue weighted by Crippen LogP contribution is -2.30. The molecule has 4 unspecified atom stereocenters. The number of carbonyl (C=O) groups is 2. The topological polar surface area (TPSA) is 74.6 Å². The second-order valence-electron chi connectivity index (χ2n) is 3.31. The number of Topliss-reactive ketones (excluding diaryl/α,β-unsaturated/α-hetero) is 1. The molecule has 0 aliphatic heterocycles. The number of carboxylic acids is 1. The molecule has 2 aliphatic rings. The summed E-state index contributed by atoms with van der Waals surface area (Å²) < 4.78 is 13.4. The van der Waals surface area contributed by atoms with Gasteiger partial charge in [0.15, 0.2) is 11.5 Å². The Hall–Kier alpha value is -0.970. The number of hydrogen-bond acceptors (Lipinski definition) is 3. The Labute approximate surface area is 67.0 Å². The lowest BCUT2D eigenvalue weighted by molar-refractivity contribution is -0.144. The van der Waals surface area contributed by atoms with Crippen LogP contribution in [0, 0.1) is 11.8 Å². The second kappa shape index (κ2) is 1.85. The highest BCUT2D eigenvalue weighted by atomic mass is 19.1. The predicted octanol–water partition coefficient (Wildman–Crippen LogP) is -0.641. The van der Waals surface area contributed by atoms with Crippen LogP contribution < -0.4 is 0 Å². The second-order valence-corrected chi connectivity index (χ2v) is 3.31. The summed E-state index contributed by atoms with van der Waals surface area (Å²) in [6, 6.07) is 0. The largest absolute Gasteiger partial charge is 0.481 e. The van der Waals surface area contributed by atoms with Crippen molar-refractivity contribution >= 4 is 11.8 Å². The highest BCUT2D eigenvalue weighted by Crippen LogP contribution is 2.61. The zero-order chi connectivity index (χ0) is 9.09. The Bertz CT molecular complexity index is 277. The SMILES string of the molecule is O=C(O)C1C2CC(O)C(=O)C21F. The van der Waals surface area contributed by atoms with Gasteiger partial charge in [-0.15, -0.1) is 0 Å². The van der Waals surface area contributed by atoms with E-state index in [2.05, 4.69) is 0 Å². The molecule has 0 aromatic heterocycles. The van der Waals surface area contributed by atoms with Crippen molar-refractivity contribution in [2.24, 2.45) is 11.8 Å². The zero-order valence-corrected chi connectivity index (χ0v) is 6.03. The molecule has 0 heterocycles. The maximum atomic E-state index is 13.4. The minimum absolute atomic E-state index is 0.0493. The summed E-state index contributed by atoms with van der Waals surface area (Å²) >= 11 is 0. The Morgan fingerprint density at radius 3 is 2.58 bits per heavy atom. The van der Waals surface area contributed by atoms with Gasteiger partial charge in [0.25, 0.3) is 0 Å². The third kappa shape index (κ3) is 0.605. The number of aliphatic hydroxyl groups excluding tert-OH is 1. The number of alkyl halides is 1. The van der Waals surface area contributed by atoms with Crippen molar-refractivity contribution in [3.05, 3.63) is 0 Å². The third-order valence-electron chi connectivity index (χ3n) is 2.71. The number of carboxylic acid groups (broad SMARTS) is 1. The molecule has 0 radical (unpaired) electrons. The van der Waals surface area contributed by atoms with Crippen molar-refractivity contribution in [3.63, 3.8) is 0 Å². The maximum Gasteiger partial charge on any atom is 0.310 e. The molecule has 66 valence electrons. The summed E-state index contributed by atoms with van der Waals surface area (Å²) in [7, 11) is 0. The van der Waals surface area contributed by atoms with E-state index in [-0.39, 0.29) is 6.42 Å². The number of fused-ring (bicyclic) bond motifs is 1. The Morgan fingerprint density at radius 1 is 1.67 bits per heavy atom. The molecule has 4 atom stereocenters. The van der Waals surface area contributed by atoms with Gasteiger partial charge in [0.05, 0.1) is 0 Å². The molecule has 2 saturated carbocycles. The molecule has 0 aromatic carbocycles. The van der Waals surface area contributed by atoms with E-state index in [0.717, 1.165) is 0 Å². The van der Waals surface area contributed by atoms with Gasteiger partial charge in [-0.05, 0) is 6.42 Å². The molecule has 5 heteroatoms. The van der Waals surface area contributed by atoms with Gasteiger partial charge >= 0.3 is 5.97 Å². The highest BCUT2D eigenvalue weighted by Gasteiger charge is 2.79. The Kier molecular flexibility index (Phi) is 1.18. The van der Waals surface area contributed by atoms with Crippen molar-refractivity contribution in [2.45, 2.75) is 18.2 Å². The lowest BCUT2D eigenvalue weighted by atomic mass is 10.1. The van der Waals surface area contributed by atoms with Gasteiger partial charge in [0.1, 0.15) is 12.0 Å². The van der Waals surface area contributed by atoms with E-state index in [9.17, 15) is 14.0 Å². The van der Waals surface area contributed by atoms with Gasteiger partial charge in [-0.1, -0.05) is 0 Å². The fourth-order valence-electron chi connectivity index (χ4n) is 2.02. The monoisotopic (exact) mass is 174 g/mol. The van der Waals surface area contributed by atoms with Gasteiger partial charge in [-0.25, -0.2) is 4.39 Å². The molecule has 2 rings (SSSR count). The third-order valence-corrected chi connectivity index (χ3v) is 2.71. The average Bonchev–Trinajstić information content (AvgIpc) is 2.49. The van der Waals surface area contributed by atoms with Crippen LogP contribution in [0.25, 0.3) is 0 Å². The fraction of sp³-hybridized carbons (Fsp3) is 0.714. The first-order valence-corrected chi connectivity index (χ1v) is 3.63. The van der Waals surface area contributed by atoms with Crippen LogP contribution in [0.5, 0.6) is 0 Å². The smallest absolute Gasteiger partial charge is 0.310 e. The van der Waals surface area contributed by atoms with Crippen LogP contribution in [0.3, 0.4) is 0 Å². The molecule has 0 spiro atoms. The number of aliphatic hydroxyl groups is 1. The molecule has 0 saturated heterocycles. The summed E-state index contributed by atoms with van der Waals surface area (Å²) in [5.74, 6) is -4.26. The molecular formula is C7H7FO4. The summed E-state index contributed by atoms with van der Waals surface area (Å²) in [6.45, 7) is 0. The molecule has 0 bridgehead atoms. The summed E-state index contributed by atoms with van der Waals surface area (Å²) in [6.07, 6.45) is -1.35. The van der Waals surface area contributed by atoms with Gasteiger partial charge in [-0.3, -0.25) is 9.59 Å². The van der Waals surface area contributed by atoms with E-state index in [1.54, 1.807) is 0 Å². The van der Waals surface area contributed by atoms with Crippen LogP contribution in [0.4, 0.5) is 4.39 Å². The van der Waals surface area contributed by atoms with Crippen LogP contribution in [-0.4, -0.2) is 33.7 Å². The van der Waals surface area contributed by atoms with Gasteiger partial charge in [0, 0.05) is 5.92 Å². The van der Waals surface area contributed by atoms with Crippen LogP contribution in [0.1, 0.15) is 6.42 Å². The molecule has 0 aromatic rings. The van der Waals surface area contributed by atoms with Gasteiger partial charge in [-0.2, -0.15) is 0 Å². The van der Waals surface area contributed by atoms with Crippen molar-refractivity contribution < 1.29 is 24.2 Å². The normalized spacial score (nSPS) is 50.5. The average molecular weight is 174 g/mol. The standard InChI is InChI=1S/C7H7FO4/c8-7-2(4(7)6(11)12)1-3(9)5(7)10/h2-4,9H,1H2,(H,11,12). The van der Waals surface area contributed by atoms with E-state index in [1.807, 2.05) is 0 Å². The van der Waals surface area contributed by atoms with Crippen LogP contribution in [0.2, 0.25) is 0 Å². The Morgan fingerprint density at radius 2 is 2.25 bits per heavy atom. The first-order chi connectivity index (χ1) is 5.49. The summed E-state index contributed by atoms with van der Waals surface area (Å²) in [5.41, 5.74) is -2.26. The summed E-state index contributed by atoms with van der Waals surface area (Å²) in [5, 5.41) is 17.3. The minimum Gasteiger partial charge on any atom is -0.481 e. The molecular weight excluding hydrogens is 167 g/mol. The van der Waals surface area contributed by atoms with Gasteiger partial charge in [0.2, 0.25) is 0 Å². The highest BCUT2D eigenvalue weighted by molar-refractivity contribution is 6.03. The number of rotatable bonds is 1. The van der Waals surface area contributed by atoms with E-state index < -0.39 is 35.4 Å². The van der Waals surface area contributed by atoms with Crippen LogP contribution >= 0.6 is 0 Å². The quantitative estimate of drug-likeness (QED) is 0.554. The first-order valence-electron chi connectivity index (χ1n) is 3.63. The van der Waals surface area contributed by atoms with E-state index >= 15 is 0 Å². The molecule has 4 nitrogen and oxygen atoms in total. The minimum atomic E-state index is -2.26. The zero-order valence-electron chi connectivity index (χ0n) is 6.03. The summed E-state index contributed by atoms with van der Waals surface area (Å²) in [4.78, 5) is 21.3. The molecule has 2 fully saturated rings. The first kappa shape index (κ1) is 7.67. The van der Waals surface area contributed by atoms with Crippen molar-refractivity contribution in [3.8, 4) is 0 Å². The lowest BCUT2D eigenvalue weighted by Gasteiger charge is -2.05. The van der Waals surface area contributed by atoms with E-state index in [4.69, 9.17) is 10.2 Å². The number of aliphatic carboxylic acids is 1. The Balaban J connectivity index is 2.26. The molecule has 12 heavy (non-hydrogen) atoms. The fourth-order valence-corrected chi connectivity index (χ4v) is 2.02. The molecule has 0 amide bonds. The van der Waals surface area contributed by atoms with Crippen molar-refractivity contribution in [1.82, 2.24) is 0 Å². The maximum absolute atomic E-state index is 13.4. The van der Waals surface area contributed by atoms with E-state index in [0.29, 0.717) is 0 Å². The predicted molar refractivity (Wildman–Crippen MR) is 34.1 cm³/mol. The van der Waals surface area contributed by atoms with Gasteiger partial charge < -0.3 is 10.2 Å².